The van der Waals surface area contributed by atoms with Crippen molar-refractivity contribution in [2.75, 3.05) is 6.54 Å². The van der Waals surface area contributed by atoms with Crippen LogP contribution in [0.1, 0.15) is 25.0 Å². The molecule has 0 aliphatic rings. The highest BCUT2D eigenvalue weighted by Crippen LogP contribution is 2.37. The number of halogens is 3. The first-order valence-electron chi connectivity index (χ1n) is 6.04. The third kappa shape index (κ3) is 6.31. The molecular formula is C13H18F3NOS. The van der Waals surface area contributed by atoms with Crippen molar-refractivity contribution in [2.45, 2.75) is 43.4 Å². The van der Waals surface area contributed by atoms with Crippen LogP contribution in [0.2, 0.25) is 0 Å². The lowest BCUT2D eigenvalue weighted by molar-refractivity contribution is -0.0328. The third-order valence-electron chi connectivity index (χ3n) is 2.53. The molecule has 0 aliphatic heterocycles. The molecule has 1 aromatic rings. The van der Waals surface area contributed by atoms with E-state index >= 15 is 0 Å². The van der Waals surface area contributed by atoms with E-state index in [1.165, 1.54) is 6.07 Å². The van der Waals surface area contributed by atoms with Gasteiger partial charge in [0.1, 0.15) is 0 Å². The maximum atomic E-state index is 12.4. The molecule has 0 unspecified atom stereocenters. The van der Waals surface area contributed by atoms with Gasteiger partial charge in [-0.1, -0.05) is 13.0 Å². The standard InChI is InChI=1S/C13H18F3NOS/c1-3-10-4-11(8-18-9(2)7-17)6-12(5-10)19-13(14,15)16/h4-6,9H,3,7-8,17H2,1-2H3/t9-/m0/s1. The molecule has 0 aromatic heterocycles. The number of alkyl halides is 3. The molecule has 0 amide bonds. The Morgan fingerprint density at radius 3 is 2.42 bits per heavy atom. The van der Waals surface area contributed by atoms with E-state index in [2.05, 4.69) is 0 Å². The maximum Gasteiger partial charge on any atom is 0.446 e. The first-order chi connectivity index (χ1) is 8.84. The normalized spacial score (nSPS) is 13.6. The van der Waals surface area contributed by atoms with E-state index in [0.29, 0.717) is 13.0 Å². The maximum absolute atomic E-state index is 12.4. The van der Waals surface area contributed by atoms with Gasteiger partial charge in [-0.2, -0.15) is 13.2 Å². The van der Waals surface area contributed by atoms with Gasteiger partial charge in [-0.05, 0) is 48.4 Å². The van der Waals surface area contributed by atoms with Gasteiger partial charge in [0, 0.05) is 11.4 Å². The fraction of sp³-hybridized carbons (Fsp3) is 0.538. The lowest BCUT2D eigenvalue weighted by Crippen LogP contribution is -2.19. The lowest BCUT2D eigenvalue weighted by atomic mass is 10.1. The molecule has 1 atom stereocenters. The Morgan fingerprint density at radius 2 is 1.89 bits per heavy atom. The van der Waals surface area contributed by atoms with E-state index in [4.69, 9.17) is 10.5 Å². The molecule has 0 spiro atoms. The molecule has 0 fully saturated rings. The molecule has 0 radical (unpaired) electrons. The molecule has 0 heterocycles. The van der Waals surface area contributed by atoms with Gasteiger partial charge in [0.25, 0.3) is 0 Å². The molecule has 19 heavy (non-hydrogen) atoms. The second-order valence-corrected chi connectivity index (χ2v) is 5.38. The molecule has 108 valence electrons. The van der Waals surface area contributed by atoms with Crippen LogP contribution < -0.4 is 5.73 Å². The molecule has 1 aromatic carbocycles. The summed E-state index contributed by atoms with van der Waals surface area (Å²) in [5.74, 6) is 0. The zero-order valence-electron chi connectivity index (χ0n) is 11.0. The first-order valence-corrected chi connectivity index (χ1v) is 6.86. The Morgan fingerprint density at radius 1 is 1.26 bits per heavy atom. The van der Waals surface area contributed by atoms with Gasteiger partial charge in [-0.15, -0.1) is 0 Å². The van der Waals surface area contributed by atoms with Gasteiger partial charge in [0.2, 0.25) is 0 Å². The third-order valence-corrected chi connectivity index (χ3v) is 3.24. The highest BCUT2D eigenvalue weighted by Gasteiger charge is 2.29. The van der Waals surface area contributed by atoms with Crippen molar-refractivity contribution in [3.8, 4) is 0 Å². The highest BCUT2D eigenvalue weighted by atomic mass is 32.2. The van der Waals surface area contributed by atoms with Crippen molar-refractivity contribution in [1.82, 2.24) is 0 Å². The van der Waals surface area contributed by atoms with Crippen molar-refractivity contribution >= 4 is 11.8 Å². The summed E-state index contributed by atoms with van der Waals surface area (Å²) in [4.78, 5) is 0.200. The van der Waals surface area contributed by atoms with Crippen molar-refractivity contribution in [3.05, 3.63) is 29.3 Å². The quantitative estimate of drug-likeness (QED) is 0.812. The van der Waals surface area contributed by atoms with Crippen LogP contribution in [0, 0.1) is 0 Å². The minimum Gasteiger partial charge on any atom is -0.373 e. The van der Waals surface area contributed by atoms with E-state index in [9.17, 15) is 13.2 Å². The topological polar surface area (TPSA) is 35.2 Å². The number of hydrogen-bond donors (Lipinski definition) is 1. The highest BCUT2D eigenvalue weighted by molar-refractivity contribution is 8.00. The summed E-state index contributed by atoms with van der Waals surface area (Å²) in [6, 6.07) is 4.94. The molecule has 0 aliphatic carbocycles. The van der Waals surface area contributed by atoms with Gasteiger partial charge in [0.15, 0.2) is 0 Å². The Balaban J connectivity index is 2.83. The average Bonchev–Trinajstić information content (AvgIpc) is 2.33. The largest absolute Gasteiger partial charge is 0.446 e. The molecular weight excluding hydrogens is 275 g/mol. The monoisotopic (exact) mass is 293 g/mol. The Hall–Kier alpha value is -0.720. The van der Waals surface area contributed by atoms with Crippen molar-refractivity contribution in [3.63, 3.8) is 0 Å². The second kappa shape index (κ2) is 7.17. The molecule has 0 saturated carbocycles. The van der Waals surface area contributed by atoms with Crippen LogP contribution >= 0.6 is 11.8 Å². The molecule has 0 saturated heterocycles. The van der Waals surface area contributed by atoms with Crippen LogP contribution in [-0.4, -0.2) is 18.2 Å². The van der Waals surface area contributed by atoms with Gasteiger partial charge in [0.05, 0.1) is 12.7 Å². The number of benzene rings is 1. The Bertz CT molecular complexity index is 409. The summed E-state index contributed by atoms with van der Waals surface area (Å²) in [6.07, 6.45) is 0.579. The first kappa shape index (κ1) is 16.3. The summed E-state index contributed by atoms with van der Waals surface area (Å²) in [6.45, 7) is 4.40. The van der Waals surface area contributed by atoms with Crippen LogP contribution in [0.5, 0.6) is 0 Å². The number of rotatable bonds is 6. The predicted octanol–water partition coefficient (Wildman–Crippen LogP) is 3.72. The zero-order chi connectivity index (χ0) is 14.5. The van der Waals surface area contributed by atoms with Crippen molar-refractivity contribution < 1.29 is 17.9 Å². The molecule has 0 bridgehead atoms. The van der Waals surface area contributed by atoms with E-state index in [1.807, 2.05) is 19.9 Å². The number of nitrogens with two attached hydrogens (primary N) is 1. The molecule has 2 nitrogen and oxygen atoms in total. The van der Waals surface area contributed by atoms with Gasteiger partial charge in [-0.25, -0.2) is 0 Å². The molecule has 1 rings (SSSR count). The Kier molecular flexibility index (Phi) is 6.16. The number of aryl methyl sites for hydroxylation is 1. The van der Waals surface area contributed by atoms with E-state index in [0.717, 1.165) is 11.1 Å². The van der Waals surface area contributed by atoms with Gasteiger partial charge < -0.3 is 10.5 Å². The molecule has 6 heteroatoms. The zero-order valence-corrected chi connectivity index (χ0v) is 11.8. The smallest absolute Gasteiger partial charge is 0.373 e. The second-order valence-electron chi connectivity index (χ2n) is 4.24. The van der Waals surface area contributed by atoms with Crippen LogP contribution in [0.4, 0.5) is 13.2 Å². The van der Waals surface area contributed by atoms with E-state index in [1.54, 1.807) is 6.07 Å². The fourth-order valence-corrected chi connectivity index (χ4v) is 2.20. The fourth-order valence-electron chi connectivity index (χ4n) is 1.52. The summed E-state index contributed by atoms with van der Waals surface area (Å²) >= 11 is -0.0958. The van der Waals surface area contributed by atoms with E-state index in [-0.39, 0.29) is 29.4 Å². The number of hydrogen-bond acceptors (Lipinski definition) is 3. The lowest BCUT2D eigenvalue weighted by Gasteiger charge is -2.13. The van der Waals surface area contributed by atoms with Crippen molar-refractivity contribution in [2.24, 2.45) is 5.73 Å². The Labute approximate surface area is 115 Å². The number of ether oxygens (including phenoxy) is 1. The summed E-state index contributed by atoms with van der Waals surface area (Å²) < 4.78 is 42.6. The number of thioether (sulfide) groups is 1. The summed E-state index contributed by atoms with van der Waals surface area (Å²) in [5.41, 5.74) is 2.77. The van der Waals surface area contributed by atoms with Crippen LogP contribution in [0.15, 0.2) is 23.1 Å². The van der Waals surface area contributed by atoms with Crippen LogP contribution in [0.25, 0.3) is 0 Å². The summed E-state index contributed by atoms with van der Waals surface area (Å²) in [5, 5.41) is 0. The van der Waals surface area contributed by atoms with Gasteiger partial charge >= 0.3 is 5.51 Å². The minimum atomic E-state index is -4.27. The summed E-state index contributed by atoms with van der Waals surface area (Å²) in [7, 11) is 0. The van der Waals surface area contributed by atoms with Crippen LogP contribution in [0.3, 0.4) is 0 Å². The average molecular weight is 293 g/mol. The predicted molar refractivity (Wildman–Crippen MR) is 71.0 cm³/mol. The SMILES string of the molecule is CCc1cc(CO[C@@H](C)CN)cc(SC(F)(F)F)c1. The van der Waals surface area contributed by atoms with E-state index < -0.39 is 5.51 Å². The molecule has 2 N–H and O–H groups in total. The minimum absolute atomic E-state index is 0.0958. The van der Waals surface area contributed by atoms with Gasteiger partial charge in [-0.3, -0.25) is 0 Å². The van der Waals surface area contributed by atoms with Crippen molar-refractivity contribution in [1.29, 1.82) is 0 Å². The van der Waals surface area contributed by atoms with Crippen LogP contribution in [-0.2, 0) is 17.8 Å².